The smallest absolute Gasteiger partial charge is 0.302 e. The maximum Gasteiger partial charge on any atom is 0.490 e. The van der Waals surface area contributed by atoms with E-state index < -0.39 is 31.3 Å². The van der Waals surface area contributed by atoms with Crippen molar-refractivity contribution in [3.05, 3.63) is 0 Å². The molecule has 0 amide bonds. The summed E-state index contributed by atoms with van der Waals surface area (Å²) >= 11 is 0. The van der Waals surface area contributed by atoms with Crippen molar-refractivity contribution < 1.29 is 59.8 Å². The molecule has 116 valence electrons. The van der Waals surface area contributed by atoms with Gasteiger partial charge >= 0.3 is 31.3 Å². The van der Waals surface area contributed by atoms with E-state index >= 15 is 0 Å². The molecule has 4 atom stereocenters. The predicted octanol–water partition coefficient (Wildman–Crippen LogP) is 0.731. The summed E-state index contributed by atoms with van der Waals surface area (Å²) in [6.45, 7) is 0. The van der Waals surface area contributed by atoms with Gasteiger partial charge in [0.2, 0.25) is 0 Å². The summed E-state index contributed by atoms with van der Waals surface area (Å²) in [4.78, 5) is 35.1. The minimum absolute atomic E-state index is 0.628. The summed E-state index contributed by atoms with van der Waals surface area (Å²) in [6, 6.07) is 0. The summed E-state index contributed by atoms with van der Waals surface area (Å²) in [5.74, 6) is 0. The summed E-state index contributed by atoms with van der Waals surface area (Å²) in [5.41, 5.74) is 0. The van der Waals surface area contributed by atoms with Crippen LogP contribution in [0.15, 0.2) is 0 Å². The van der Waals surface area contributed by atoms with Crippen molar-refractivity contribution in [2.75, 3.05) is 14.2 Å². The molecule has 4 unspecified atom stereocenters. The number of phosphoric ester groups is 2. The molecule has 0 aromatic heterocycles. The molecule has 0 radical (unpaired) electrons. The van der Waals surface area contributed by atoms with Crippen LogP contribution in [0.4, 0.5) is 0 Å². The topological polar surface area (TPSA) is 195 Å². The minimum Gasteiger partial charge on any atom is -0.302 e. The predicted molar refractivity (Wildman–Crippen MR) is 56.6 cm³/mol. The van der Waals surface area contributed by atoms with Gasteiger partial charge in [-0.05, 0) is 0 Å². The lowest BCUT2D eigenvalue weighted by molar-refractivity contribution is 0.178. The molecule has 0 rings (SSSR count). The molecular formula is C2H10O13P4. The maximum absolute atomic E-state index is 11.1. The molecule has 19 heavy (non-hydrogen) atoms. The Hall–Kier alpha value is 0.560. The fourth-order valence-corrected chi connectivity index (χ4v) is 4.93. The Kier molecular flexibility index (Phi) is 6.74. The molecule has 0 heterocycles. The highest BCUT2D eigenvalue weighted by Gasteiger charge is 2.45. The monoisotopic (exact) mass is 366 g/mol. The highest BCUT2D eigenvalue weighted by molar-refractivity contribution is 7.69. The van der Waals surface area contributed by atoms with Gasteiger partial charge in [-0.1, -0.05) is 0 Å². The molecule has 0 aliphatic carbocycles. The molecule has 17 heteroatoms. The van der Waals surface area contributed by atoms with Crippen molar-refractivity contribution in [1.29, 1.82) is 0 Å². The first kappa shape index (κ1) is 19.6. The molecular weight excluding hydrogens is 356 g/mol. The van der Waals surface area contributed by atoms with Crippen molar-refractivity contribution in [3.63, 3.8) is 0 Å². The quantitative estimate of drug-likeness (QED) is 0.439. The van der Waals surface area contributed by atoms with Gasteiger partial charge in [0.25, 0.3) is 0 Å². The van der Waals surface area contributed by atoms with Crippen LogP contribution in [0.1, 0.15) is 0 Å². The highest BCUT2D eigenvalue weighted by atomic mass is 31.3. The van der Waals surface area contributed by atoms with E-state index in [4.69, 9.17) is 19.6 Å². The Bertz CT molecular complexity index is 449. The number of hydrogen-bond donors (Lipinski definition) is 4. The largest absolute Gasteiger partial charge is 0.490 e. The van der Waals surface area contributed by atoms with Crippen molar-refractivity contribution in [2.24, 2.45) is 0 Å². The van der Waals surface area contributed by atoms with Crippen molar-refractivity contribution >= 4 is 31.3 Å². The third-order valence-corrected chi connectivity index (χ3v) is 6.96. The molecule has 0 saturated carbocycles. The van der Waals surface area contributed by atoms with E-state index in [0.29, 0.717) is 14.2 Å². The van der Waals surface area contributed by atoms with Crippen LogP contribution in [-0.4, -0.2) is 33.8 Å². The molecule has 0 spiro atoms. The molecule has 0 aliphatic heterocycles. The van der Waals surface area contributed by atoms with Crippen LogP contribution in [0.25, 0.3) is 0 Å². The van der Waals surface area contributed by atoms with E-state index in [1.165, 1.54) is 0 Å². The van der Waals surface area contributed by atoms with Gasteiger partial charge in [-0.3, -0.25) is 9.05 Å². The molecule has 0 bridgehead atoms. The van der Waals surface area contributed by atoms with E-state index in [2.05, 4.69) is 22.0 Å². The van der Waals surface area contributed by atoms with Crippen molar-refractivity contribution in [1.82, 2.24) is 0 Å². The first-order valence-electron chi connectivity index (χ1n) is 3.81. The second kappa shape index (κ2) is 6.55. The van der Waals surface area contributed by atoms with Gasteiger partial charge in [-0.2, -0.15) is 12.9 Å². The first-order valence-corrected chi connectivity index (χ1v) is 9.79. The van der Waals surface area contributed by atoms with E-state index in [1.807, 2.05) is 0 Å². The van der Waals surface area contributed by atoms with Gasteiger partial charge in [0.15, 0.2) is 0 Å². The Morgan fingerprint density at radius 2 is 0.789 bits per heavy atom. The van der Waals surface area contributed by atoms with E-state index in [9.17, 15) is 18.3 Å². The average Bonchev–Trinajstić information content (AvgIpc) is 2.12. The zero-order valence-electron chi connectivity index (χ0n) is 9.25. The fourth-order valence-electron chi connectivity index (χ4n) is 0.488. The van der Waals surface area contributed by atoms with Gasteiger partial charge in [0.05, 0.1) is 0 Å². The molecule has 13 nitrogen and oxygen atoms in total. The standard InChI is InChI=1S/C2H10O13P4/c1-11-16(3,4)13-18(7,8)15-19(9,10)14-17(5,6)12-2/h1-2H3,(H,3,4)(H,5,6)(H,7,8)(H,9,10). The second-order valence-corrected chi connectivity index (χ2v) is 8.92. The summed E-state index contributed by atoms with van der Waals surface area (Å²) < 4.78 is 61.6. The Labute approximate surface area is 106 Å². The molecule has 0 aromatic rings. The Morgan fingerprint density at radius 3 is 1.00 bits per heavy atom. The molecule has 0 saturated heterocycles. The van der Waals surface area contributed by atoms with Gasteiger partial charge in [0.1, 0.15) is 0 Å². The molecule has 4 N–H and O–H groups in total. The van der Waals surface area contributed by atoms with Gasteiger partial charge in [-0.15, -0.1) is 0 Å². The van der Waals surface area contributed by atoms with E-state index in [-0.39, 0.29) is 0 Å². The lowest BCUT2D eigenvalue weighted by atomic mass is 11.8. The lowest BCUT2D eigenvalue weighted by Gasteiger charge is -2.18. The normalized spacial score (nSPS) is 24.7. The summed E-state index contributed by atoms with van der Waals surface area (Å²) in [7, 11) is -20.0. The van der Waals surface area contributed by atoms with Crippen LogP contribution in [0.5, 0.6) is 0 Å². The first-order chi connectivity index (χ1) is 8.24. The highest BCUT2D eigenvalue weighted by Crippen LogP contribution is 2.71. The van der Waals surface area contributed by atoms with Crippen LogP contribution < -0.4 is 0 Å². The second-order valence-electron chi connectivity index (χ2n) is 2.48. The molecule has 0 aromatic carbocycles. The third kappa shape index (κ3) is 8.44. The van der Waals surface area contributed by atoms with Crippen LogP contribution in [-0.2, 0) is 40.2 Å². The minimum atomic E-state index is -5.61. The lowest BCUT2D eigenvalue weighted by Crippen LogP contribution is -1.97. The van der Waals surface area contributed by atoms with Crippen molar-refractivity contribution in [3.8, 4) is 0 Å². The van der Waals surface area contributed by atoms with Crippen LogP contribution in [0.2, 0.25) is 0 Å². The van der Waals surface area contributed by atoms with E-state index in [1.54, 1.807) is 0 Å². The SMILES string of the molecule is COP(=O)(O)OP(=O)(O)OP(=O)(O)OP(=O)(O)OC. The third-order valence-electron chi connectivity index (χ3n) is 1.08. The average molecular weight is 366 g/mol. The zero-order valence-corrected chi connectivity index (χ0v) is 12.8. The van der Waals surface area contributed by atoms with Crippen LogP contribution in [0.3, 0.4) is 0 Å². The van der Waals surface area contributed by atoms with Crippen molar-refractivity contribution in [2.45, 2.75) is 0 Å². The Morgan fingerprint density at radius 1 is 0.579 bits per heavy atom. The summed E-state index contributed by atoms with van der Waals surface area (Å²) in [6.07, 6.45) is 0. The van der Waals surface area contributed by atoms with Crippen LogP contribution in [0, 0.1) is 0 Å². The van der Waals surface area contributed by atoms with E-state index in [0.717, 1.165) is 0 Å². The van der Waals surface area contributed by atoms with Gasteiger partial charge in [0, 0.05) is 14.2 Å². The van der Waals surface area contributed by atoms with Crippen LogP contribution >= 0.6 is 31.3 Å². The molecule has 0 aliphatic rings. The number of hydrogen-bond acceptors (Lipinski definition) is 9. The summed E-state index contributed by atoms with van der Waals surface area (Å²) in [5, 5.41) is 0. The zero-order chi connectivity index (χ0) is 15.5. The van der Waals surface area contributed by atoms with Gasteiger partial charge in [-0.25, -0.2) is 18.3 Å². The Balaban J connectivity index is 4.93. The molecule has 0 fully saturated rings. The number of phosphoric acid groups is 4. The maximum atomic E-state index is 11.1. The van der Waals surface area contributed by atoms with Gasteiger partial charge < -0.3 is 19.6 Å². The fraction of sp³-hybridized carbons (Fsp3) is 1.00. The number of rotatable bonds is 8.